The maximum absolute atomic E-state index is 12.8. The van der Waals surface area contributed by atoms with Gasteiger partial charge in [0.2, 0.25) is 5.91 Å². The molecule has 0 bridgehead atoms. The standard InChI is InChI=1S/C25H24F3N5O6/c26-25(27,28)17-7-9-18(10-8-17)33(24(36)37)31-21(35)13-20(34)15-4-3-5-16(12-15)23-19(29-32-30-23)14-39-22-6-1-2-11-38-22/h3-5,7-10,12,22H,1-2,6,11,13-14H2,(H,31,35)(H,36,37)(H,29,30,32). The molecule has 1 unspecified atom stereocenters. The molecule has 1 atom stereocenters. The second-order valence-corrected chi connectivity index (χ2v) is 8.60. The zero-order valence-electron chi connectivity index (χ0n) is 20.4. The largest absolute Gasteiger partial charge is 0.463 e. The summed E-state index contributed by atoms with van der Waals surface area (Å²) in [6.45, 7) is 0.759. The monoisotopic (exact) mass is 547 g/mol. The summed E-state index contributed by atoms with van der Waals surface area (Å²) in [6, 6.07) is 9.43. The number of anilines is 1. The van der Waals surface area contributed by atoms with Gasteiger partial charge in [0.15, 0.2) is 12.1 Å². The molecule has 0 aliphatic carbocycles. The van der Waals surface area contributed by atoms with Crippen molar-refractivity contribution < 1.29 is 42.1 Å². The molecule has 14 heteroatoms. The number of nitrogens with one attached hydrogen (secondary N) is 2. The van der Waals surface area contributed by atoms with Crippen LogP contribution < -0.4 is 10.4 Å². The van der Waals surface area contributed by atoms with Crippen molar-refractivity contribution >= 4 is 23.5 Å². The van der Waals surface area contributed by atoms with Gasteiger partial charge in [0.25, 0.3) is 0 Å². The molecular weight excluding hydrogens is 523 g/mol. The van der Waals surface area contributed by atoms with Crippen LogP contribution in [0.15, 0.2) is 48.5 Å². The van der Waals surface area contributed by atoms with E-state index in [9.17, 15) is 32.7 Å². The third-order valence-electron chi connectivity index (χ3n) is 5.82. The number of ketones is 1. The number of Topliss-reactive ketones (excluding diaryl/α,β-unsaturated/α-hetero) is 1. The van der Waals surface area contributed by atoms with Crippen molar-refractivity contribution in [1.29, 1.82) is 0 Å². The molecule has 4 rings (SSSR count). The molecule has 0 saturated carbocycles. The van der Waals surface area contributed by atoms with Crippen molar-refractivity contribution in [3.05, 3.63) is 65.4 Å². The van der Waals surface area contributed by atoms with E-state index in [2.05, 4.69) is 15.4 Å². The van der Waals surface area contributed by atoms with Crippen LogP contribution in [-0.4, -0.2) is 51.2 Å². The number of alkyl halides is 3. The first kappa shape index (κ1) is 27.7. The third kappa shape index (κ3) is 7.18. The Hall–Kier alpha value is -4.30. The van der Waals surface area contributed by atoms with Crippen LogP contribution in [0.2, 0.25) is 0 Å². The number of amides is 2. The SMILES string of the molecule is O=C(CC(=O)c1cccc(-c2n[nH]nc2COC2CCCCO2)c1)NN(C(=O)O)c1ccc(C(F)(F)F)cc1. The van der Waals surface area contributed by atoms with E-state index in [1.165, 1.54) is 12.1 Å². The highest BCUT2D eigenvalue weighted by molar-refractivity contribution is 6.08. The molecule has 2 heterocycles. The molecule has 206 valence electrons. The molecule has 1 fully saturated rings. The number of ether oxygens (including phenoxy) is 2. The van der Waals surface area contributed by atoms with Crippen molar-refractivity contribution in [3.8, 4) is 11.3 Å². The highest BCUT2D eigenvalue weighted by Gasteiger charge is 2.30. The Balaban J connectivity index is 1.40. The fraction of sp³-hybridized carbons (Fsp3) is 0.320. The Kier molecular flexibility index (Phi) is 8.56. The Labute approximate surface area is 219 Å². The summed E-state index contributed by atoms with van der Waals surface area (Å²) in [5, 5.41) is 20.5. The zero-order valence-corrected chi connectivity index (χ0v) is 20.4. The highest BCUT2D eigenvalue weighted by Crippen LogP contribution is 2.30. The first-order valence-electron chi connectivity index (χ1n) is 11.9. The van der Waals surface area contributed by atoms with Gasteiger partial charge < -0.3 is 14.6 Å². The van der Waals surface area contributed by atoms with E-state index in [0.29, 0.717) is 40.7 Å². The second-order valence-electron chi connectivity index (χ2n) is 8.60. The van der Waals surface area contributed by atoms with Gasteiger partial charge in [-0.3, -0.25) is 15.0 Å². The van der Waals surface area contributed by atoms with E-state index in [4.69, 9.17) is 9.47 Å². The number of halogens is 3. The smallest absolute Gasteiger partial charge is 0.431 e. The van der Waals surface area contributed by atoms with Crippen molar-refractivity contribution in [2.75, 3.05) is 11.6 Å². The number of H-pyrrole nitrogens is 1. The lowest BCUT2D eigenvalue weighted by Gasteiger charge is -2.22. The number of aromatic nitrogens is 3. The molecule has 1 aliphatic heterocycles. The van der Waals surface area contributed by atoms with Gasteiger partial charge in [0.1, 0.15) is 11.4 Å². The summed E-state index contributed by atoms with van der Waals surface area (Å²) < 4.78 is 49.7. The Morgan fingerprint density at radius 1 is 1.13 bits per heavy atom. The number of carbonyl (C=O) groups excluding carboxylic acids is 2. The minimum Gasteiger partial charge on any atom is -0.463 e. The first-order valence-corrected chi connectivity index (χ1v) is 11.9. The lowest BCUT2D eigenvalue weighted by molar-refractivity contribution is -0.169. The van der Waals surface area contributed by atoms with E-state index >= 15 is 0 Å². The Morgan fingerprint density at radius 3 is 2.56 bits per heavy atom. The number of nitrogens with zero attached hydrogens (tertiary/aromatic N) is 3. The fourth-order valence-electron chi connectivity index (χ4n) is 3.87. The molecular formula is C25H24F3N5O6. The van der Waals surface area contributed by atoms with Crippen molar-refractivity contribution in [2.45, 2.75) is 44.8 Å². The van der Waals surface area contributed by atoms with Gasteiger partial charge in [-0.15, -0.1) is 0 Å². The topological polar surface area (TPSA) is 147 Å². The molecule has 3 aromatic rings. The van der Waals surface area contributed by atoms with E-state index in [0.717, 1.165) is 31.4 Å². The molecule has 39 heavy (non-hydrogen) atoms. The summed E-state index contributed by atoms with van der Waals surface area (Å²) in [7, 11) is 0. The number of benzene rings is 2. The first-order chi connectivity index (χ1) is 18.6. The lowest BCUT2D eigenvalue weighted by Crippen LogP contribution is -2.46. The minimum atomic E-state index is -4.61. The van der Waals surface area contributed by atoms with Gasteiger partial charge >= 0.3 is 12.3 Å². The maximum atomic E-state index is 12.8. The van der Waals surface area contributed by atoms with Crippen LogP contribution in [0.5, 0.6) is 0 Å². The molecule has 3 N–H and O–H groups in total. The predicted octanol–water partition coefficient (Wildman–Crippen LogP) is 4.32. The van der Waals surface area contributed by atoms with Crippen LogP contribution >= 0.6 is 0 Å². The summed E-state index contributed by atoms with van der Waals surface area (Å²) >= 11 is 0. The van der Waals surface area contributed by atoms with Crippen molar-refractivity contribution in [2.24, 2.45) is 0 Å². The molecule has 2 aromatic carbocycles. The summed E-state index contributed by atoms with van der Waals surface area (Å²) in [5.41, 5.74) is 2.45. The molecule has 1 aromatic heterocycles. The molecule has 11 nitrogen and oxygen atoms in total. The fourth-order valence-corrected chi connectivity index (χ4v) is 3.87. The minimum absolute atomic E-state index is 0.131. The van der Waals surface area contributed by atoms with E-state index < -0.39 is 35.9 Å². The van der Waals surface area contributed by atoms with Gasteiger partial charge in [-0.05, 0) is 49.6 Å². The summed E-state index contributed by atoms with van der Waals surface area (Å²) in [6.07, 6.45) is -4.56. The summed E-state index contributed by atoms with van der Waals surface area (Å²) in [4.78, 5) is 36.9. The molecule has 1 saturated heterocycles. The van der Waals surface area contributed by atoms with E-state index in [1.54, 1.807) is 12.1 Å². The highest BCUT2D eigenvalue weighted by atomic mass is 19.4. The number of hydrogen-bond donors (Lipinski definition) is 3. The normalized spacial score (nSPS) is 15.5. The van der Waals surface area contributed by atoms with Crippen molar-refractivity contribution in [3.63, 3.8) is 0 Å². The van der Waals surface area contributed by atoms with Crippen LogP contribution in [-0.2, 0) is 27.1 Å². The zero-order chi connectivity index (χ0) is 28.0. The number of carbonyl (C=O) groups is 3. The number of aromatic amines is 1. The van der Waals surface area contributed by atoms with Gasteiger partial charge in [0, 0.05) is 17.7 Å². The Bertz CT molecular complexity index is 1320. The van der Waals surface area contributed by atoms with Crippen molar-refractivity contribution in [1.82, 2.24) is 20.8 Å². The van der Waals surface area contributed by atoms with Crippen LogP contribution in [0, 0.1) is 0 Å². The quantitative estimate of drug-likeness (QED) is 0.215. The maximum Gasteiger partial charge on any atom is 0.431 e. The van der Waals surface area contributed by atoms with E-state index in [1.807, 2.05) is 5.43 Å². The van der Waals surface area contributed by atoms with E-state index in [-0.39, 0.29) is 24.1 Å². The average Bonchev–Trinajstić information content (AvgIpc) is 3.39. The molecule has 1 aliphatic rings. The predicted molar refractivity (Wildman–Crippen MR) is 129 cm³/mol. The molecule has 2 amide bonds. The number of rotatable bonds is 8. The number of hydrazine groups is 1. The van der Waals surface area contributed by atoms with Crippen LogP contribution in [0.25, 0.3) is 11.3 Å². The second kappa shape index (κ2) is 12.0. The van der Waals surface area contributed by atoms with Crippen LogP contribution in [0.4, 0.5) is 23.7 Å². The number of carboxylic acid groups (broad SMARTS) is 1. The van der Waals surface area contributed by atoms with Crippen LogP contribution in [0.1, 0.15) is 47.3 Å². The molecule has 0 radical (unpaired) electrons. The lowest BCUT2D eigenvalue weighted by atomic mass is 10.0. The number of hydrogen-bond acceptors (Lipinski definition) is 7. The van der Waals surface area contributed by atoms with Gasteiger partial charge in [-0.25, -0.2) is 4.79 Å². The Morgan fingerprint density at radius 2 is 1.90 bits per heavy atom. The average molecular weight is 547 g/mol. The summed E-state index contributed by atoms with van der Waals surface area (Å²) in [5.74, 6) is -1.60. The third-order valence-corrected chi connectivity index (χ3v) is 5.82. The van der Waals surface area contributed by atoms with Gasteiger partial charge in [0.05, 0.1) is 24.3 Å². The molecule has 0 spiro atoms. The van der Waals surface area contributed by atoms with Crippen LogP contribution in [0.3, 0.4) is 0 Å². The van der Waals surface area contributed by atoms with Gasteiger partial charge in [-0.2, -0.15) is 33.6 Å². The van der Waals surface area contributed by atoms with Gasteiger partial charge in [-0.1, -0.05) is 18.2 Å².